The Morgan fingerprint density at radius 1 is 1.25 bits per heavy atom. The van der Waals surface area contributed by atoms with Crippen LogP contribution in [0.5, 0.6) is 0 Å². The second kappa shape index (κ2) is 7.01. The monoisotopic (exact) mass is 254 g/mol. The summed E-state index contributed by atoms with van der Waals surface area (Å²) < 4.78 is 19.2. The molecule has 96 valence electrons. The number of rotatable bonds is 7. The Morgan fingerprint density at radius 3 is 2.25 bits per heavy atom. The van der Waals surface area contributed by atoms with Gasteiger partial charge in [0, 0.05) is 0 Å². The molecule has 0 saturated carbocycles. The molecule has 1 atom stereocenters. The SMILES string of the molecule is CC(C)CC(C)C(=O)OCCOP(=O)(O)O. The van der Waals surface area contributed by atoms with Crippen LogP contribution in [0, 0.1) is 11.8 Å². The largest absolute Gasteiger partial charge is 0.469 e. The van der Waals surface area contributed by atoms with Gasteiger partial charge in [-0.15, -0.1) is 0 Å². The molecule has 0 aromatic rings. The van der Waals surface area contributed by atoms with Gasteiger partial charge in [-0.05, 0) is 12.3 Å². The standard InChI is InChI=1S/C9H19O6P/c1-7(2)6-8(3)9(10)14-4-5-15-16(11,12)13/h7-8H,4-6H2,1-3H3,(H2,11,12,13). The lowest BCUT2D eigenvalue weighted by Gasteiger charge is -2.13. The van der Waals surface area contributed by atoms with Crippen molar-refractivity contribution in [1.82, 2.24) is 0 Å². The Bertz CT molecular complexity index is 259. The van der Waals surface area contributed by atoms with Gasteiger partial charge in [0.2, 0.25) is 0 Å². The van der Waals surface area contributed by atoms with Crippen LogP contribution in [0.25, 0.3) is 0 Å². The molecule has 0 fully saturated rings. The molecule has 0 spiro atoms. The molecule has 0 aromatic heterocycles. The van der Waals surface area contributed by atoms with Crippen LogP contribution >= 0.6 is 7.82 Å². The van der Waals surface area contributed by atoms with E-state index >= 15 is 0 Å². The quantitative estimate of drug-likeness (QED) is 0.404. The zero-order valence-corrected chi connectivity index (χ0v) is 10.6. The van der Waals surface area contributed by atoms with Crippen molar-refractivity contribution in [2.45, 2.75) is 27.2 Å². The summed E-state index contributed by atoms with van der Waals surface area (Å²) in [4.78, 5) is 28.1. The molecule has 6 nitrogen and oxygen atoms in total. The van der Waals surface area contributed by atoms with E-state index in [1.807, 2.05) is 13.8 Å². The molecule has 0 radical (unpaired) electrons. The number of esters is 1. The van der Waals surface area contributed by atoms with Crippen molar-refractivity contribution in [2.24, 2.45) is 11.8 Å². The summed E-state index contributed by atoms with van der Waals surface area (Å²) in [5, 5.41) is 0. The molecule has 0 bridgehead atoms. The van der Waals surface area contributed by atoms with Crippen molar-refractivity contribution in [3.05, 3.63) is 0 Å². The lowest BCUT2D eigenvalue weighted by molar-refractivity contribution is -0.149. The normalized spacial score (nSPS) is 13.9. The molecule has 1 unspecified atom stereocenters. The summed E-state index contributed by atoms with van der Waals surface area (Å²) >= 11 is 0. The van der Waals surface area contributed by atoms with Crippen molar-refractivity contribution in [2.75, 3.05) is 13.2 Å². The maximum Gasteiger partial charge on any atom is 0.469 e. The summed E-state index contributed by atoms with van der Waals surface area (Å²) in [6, 6.07) is 0. The third-order valence-electron chi connectivity index (χ3n) is 1.81. The molecule has 0 aromatic carbocycles. The molecule has 0 amide bonds. The molecule has 0 aliphatic carbocycles. The fourth-order valence-corrected chi connectivity index (χ4v) is 1.56. The summed E-state index contributed by atoms with van der Waals surface area (Å²) in [5.74, 6) is -0.188. The minimum absolute atomic E-state index is 0.146. The first-order chi connectivity index (χ1) is 7.22. The smallest absolute Gasteiger partial charge is 0.463 e. The number of ether oxygens (including phenoxy) is 1. The second-order valence-electron chi connectivity index (χ2n) is 4.02. The highest BCUT2D eigenvalue weighted by Gasteiger charge is 2.17. The maximum absolute atomic E-state index is 11.3. The van der Waals surface area contributed by atoms with Crippen LogP contribution in [0.4, 0.5) is 0 Å². The van der Waals surface area contributed by atoms with E-state index in [9.17, 15) is 9.36 Å². The fourth-order valence-electron chi connectivity index (χ4n) is 1.24. The summed E-state index contributed by atoms with van der Waals surface area (Å²) in [6.45, 7) is 5.31. The van der Waals surface area contributed by atoms with Gasteiger partial charge >= 0.3 is 13.8 Å². The van der Waals surface area contributed by atoms with Gasteiger partial charge in [-0.1, -0.05) is 20.8 Å². The molecular weight excluding hydrogens is 235 g/mol. The van der Waals surface area contributed by atoms with Gasteiger partial charge < -0.3 is 14.5 Å². The maximum atomic E-state index is 11.3. The highest BCUT2D eigenvalue weighted by Crippen LogP contribution is 2.35. The van der Waals surface area contributed by atoms with Crippen molar-refractivity contribution in [3.63, 3.8) is 0 Å². The third kappa shape index (κ3) is 8.85. The average molecular weight is 254 g/mol. The van der Waals surface area contributed by atoms with E-state index in [1.165, 1.54) is 0 Å². The average Bonchev–Trinajstić information content (AvgIpc) is 2.09. The number of carbonyl (C=O) groups is 1. The molecule has 0 aliphatic rings. The van der Waals surface area contributed by atoms with Crippen LogP contribution in [0.1, 0.15) is 27.2 Å². The van der Waals surface area contributed by atoms with Crippen molar-refractivity contribution in [3.8, 4) is 0 Å². The van der Waals surface area contributed by atoms with E-state index in [0.717, 1.165) is 6.42 Å². The van der Waals surface area contributed by atoms with E-state index in [-0.39, 0.29) is 25.1 Å². The Hall–Kier alpha value is -0.420. The highest BCUT2D eigenvalue weighted by atomic mass is 31.2. The van der Waals surface area contributed by atoms with Crippen LogP contribution in [0.3, 0.4) is 0 Å². The molecule has 0 aliphatic heterocycles. The summed E-state index contributed by atoms with van der Waals surface area (Å²) in [5.41, 5.74) is 0. The summed E-state index contributed by atoms with van der Waals surface area (Å²) in [7, 11) is -4.46. The zero-order valence-electron chi connectivity index (χ0n) is 9.75. The van der Waals surface area contributed by atoms with Crippen LogP contribution in [0.15, 0.2) is 0 Å². The van der Waals surface area contributed by atoms with E-state index in [2.05, 4.69) is 4.52 Å². The lowest BCUT2D eigenvalue weighted by Crippen LogP contribution is -2.18. The molecular formula is C9H19O6P. The first-order valence-corrected chi connectivity index (χ1v) is 6.62. The zero-order chi connectivity index (χ0) is 12.8. The Kier molecular flexibility index (Phi) is 6.83. The van der Waals surface area contributed by atoms with Crippen LogP contribution in [-0.2, 0) is 18.6 Å². The third-order valence-corrected chi connectivity index (χ3v) is 2.33. The van der Waals surface area contributed by atoms with Gasteiger partial charge in [0.25, 0.3) is 0 Å². The predicted octanol–water partition coefficient (Wildman–Crippen LogP) is 1.32. The van der Waals surface area contributed by atoms with E-state index in [1.54, 1.807) is 6.92 Å². The molecule has 16 heavy (non-hydrogen) atoms. The fraction of sp³-hybridized carbons (Fsp3) is 0.889. The number of phosphoric acid groups is 1. The van der Waals surface area contributed by atoms with E-state index in [0.29, 0.717) is 5.92 Å². The van der Waals surface area contributed by atoms with Gasteiger partial charge in [0.1, 0.15) is 6.61 Å². The molecule has 0 heterocycles. The minimum Gasteiger partial charge on any atom is -0.463 e. The Labute approximate surface area is 95.2 Å². The number of phosphoric ester groups is 1. The van der Waals surface area contributed by atoms with Crippen molar-refractivity contribution >= 4 is 13.8 Å². The van der Waals surface area contributed by atoms with Crippen LogP contribution in [-0.4, -0.2) is 29.0 Å². The van der Waals surface area contributed by atoms with E-state index in [4.69, 9.17) is 14.5 Å². The van der Waals surface area contributed by atoms with Crippen molar-refractivity contribution < 1.29 is 28.4 Å². The van der Waals surface area contributed by atoms with E-state index < -0.39 is 7.82 Å². The number of hydrogen-bond acceptors (Lipinski definition) is 4. The molecule has 0 rings (SSSR count). The van der Waals surface area contributed by atoms with Gasteiger partial charge in [-0.3, -0.25) is 9.32 Å². The first-order valence-electron chi connectivity index (χ1n) is 5.09. The second-order valence-corrected chi connectivity index (χ2v) is 5.26. The molecule has 0 saturated heterocycles. The predicted molar refractivity (Wildman–Crippen MR) is 57.6 cm³/mol. The van der Waals surface area contributed by atoms with Gasteiger partial charge in [-0.25, -0.2) is 4.57 Å². The van der Waals surface area contributed by atoms with Gasteiger partial charge in [0.05, 0.1) is 12.5 Å². The Morgan fingerprint density at radius 2 is 1.81 bits per heavy atom. The number of hydrogen-bond donors (Lipinski definition) is 2. The first kappa shape index (κ1) is 15.6. The topological polar surface area (TPSA) is 93.1 Å². The van der Waals surface area contributed by atoms with Crippen LogP contribution < -0.4 is 0 Å². The van der Waals surface area contributed by atoms with Gasteiger partial charge in [0.15, 0.2) is 0 Å². The van der Waals surface area contributed by atoms with Crippen molar-refractivity contribution in [1.29, 1.82) is 0 Å². The Balaban J connectivity index is 3.69. The minimum atomic E-state index is -4.46. The number of carbonyl (C=O) groups excluding carboxylic acids is 1. The van der Waals surface area contributed by atoms with Gasteiger partial charge in [-0.2, -0.15) is 0 Å². The highest BCUT2D eigenvalue weighted by molar-refractivity contribution is 7.46. The molecule has 7 heteroatoms. The van der Waals surface area contributed by atoms with Crippen LogP contribution in [0.2, 0.25) is 0 Å². The molecule has 2 N–H and O–H groups in total. The summed E-state index contributed by atoms with van der Waals surface area (Å²) in [6.07, 6.45) is 0.720. The lowest BCUT2D eigenvalue weighted by atomic mass is 9.99.